The number of benzene rings is 2. The third-order valence-electron chi connectivity index (χ3n) is 7.51. The quantitative estimate of drug-likeness (QED) is 0.150. The first-order valence-electron chi connectivity index (χ1n) is 17.1. The molecule has 2 aromatic carbocycles. The predicted molar refractivity (Wildman–Crippen MR) is 188 cm³/mol. The summed E-state index contributed by atoms with van der Waals surface area (Å²) in [4.78, 5) is 32.4. The van der Waals surface area contributed by atoms with E-state index in [9.17, 15) is 14.7 Å². The smallest absolute Gasteiger partial charge is 0.376 e. The summed E-state index contributed by atoms with van der Waals surface area (Å²) in [5, 5.41) is 9.23. The lowest BCUT2D eigenvalue weighted by Gasteiger charge is -2.22. The molecule has 14 nitrogen and oxygen atoms in total. The van der Waals surface area contributed by atoms with Gasteiger partial charge in [-0.3, -0.25) is 0 Å². The number of hydrogen-bond donors (Lipinski definition) is 1. The second-order valence-corrected chi connectivity index (χ2v) is 11.1. The van der Waals surface area contributed by atoms with Gasteiger partial charge in [-0.15, -0.1) is 0 Å². The second kappa shape index (κ2) is 21.2. The maximum Gasteiger partial charge on any atom is 0.376 e. The number of aliphatic hydroxyl groups is 1. The first-order valence-corrected chi connectivity index (χ1v) is 17.1. The predicted octanol–water partition coefficient (Wildman–Crippen LogP) is 6.90. The Labute approximate surface area is 302 Å². The Morgan fingerprint density at radius 3 is 1.73 bits per heavy atom. The van der Waals surface area contributed by atoms with Crippen molar-refractivity contribution in [3.8, 4) is 34.4 Å². The fraction of sp³-hybridized carbons (Fsp3) is 0.421. The number of ether oxygens (including phenoxy) is 7. The van der Waals surface area contributed by atoms with Crippen molar-refractivity contribution in [2.24, 2.45) is 0 Å². The van der Waals surface area contributed by atoms with Crippen LogP contribution in [0.25, 0.3) is 22.9 Å². The van der Waals surface area contributed by atoms with E-state index in [0.717, 1.165) is 37.2 Å². The zero-order valence-corrected chi connectivity index (χ0v) is 30.0. The van der Waals surface area contributed by atoms with Crippen molar-refractivity contribution >= 4 is 11.9 Å². The Morgan fingerprint density at radius 1 is 0.769 bits per heavy atom. The molecule has 0 spiro atoms. The van der Waals surface area contributed by atoms with Gasteiger partial charge < -0.3 is 47.1 Å². The maximum atomic E-state index is 12.2. The van der Waals surface area contributed by atoms with Crippen LogP contribution in [0.2, 0.25) is 0 Å². The first-order chi connectivity index (χ1) is 25.4. The monoisotopic (exact) mass is 722 g/mol. The molecule has 1 N–H and O–H groups in total. The number of rotatable bonds is 12. The number of methoxy groups -OCH3 is 2. The van der Waals surface area contributed by atoms with Crippen molar-refractivity contribution in [1.29, 1.82) is 0 Å². The molecule has 0 bridgehead atoms. The van der Waals surface area contributed by atoms with Gasteiger partial charge in [-0.05, 0) is 101 Å². The fourth-order valence-electron chi connectivity index (χ4n) is 4.84. The first kappa shape index (κ1) is 39.6. The van der Waals surface area contributed by atoms with Crippen LogP contribution in [-0.2, 0) is 36.9 Å². The molecule has 0 radical (unpaired) electrons. The molecule has 6 rings (SSSR count). The third-order valence-corrected chi connectivity index (χ3v) is 7.51. The van der Waals surface area contributed by atoms with E-state index in [4.69, 9.17) is 42.0 Å². The maximum absolute atomic E-state index is 12.2. The molecule has 14 heteroatoms. The van der Waals surface area contributed by atoms with Gasteiger partial charge in [0.2, 0.25) is 23.3 Å². The molecule has 2 aliphatic rings. The normalized spacial score (nSPS) is 14.8. The molecule has 280 valence electrons. The Balaban J connectivity index is 0.000000205. The lowest BCUT2D eigenvalue weighted by Crippen LogP contribution is -2.22. The molecule has 1 saturated heterocycles. The Bertz CT molecular complexity index is 1680. The molecular formula is C38H46N2O12. The summed E-state index contributed by atoms with van der Waals surface area (Å²) in [6, 6.07) is 14.2. The van der Waals surface area contributed by atoms with Gasteiger partial charge in [0.25, 0.3) is 0 Å². The second-order valence-electron chi connectivity index (χ2n) is 11.1. The van der Waals surface area contributed by atoms with E-state index in [1.165, 1.54) is 12.8 Å². The number of oxazole rings is 2. The van der Waals surface area contributed by atoms with Crippen molar-refractivity contribution in [1.82, 2.24) is 9.97 Å². The summed E-state index contributed by atoms with van der Waals surface area (Å²) in [6.45, 7) is 5.24. The largest absolute Gasteiger partial charge is 0.502 e. The highest BCUT2D eigenvalue weighted by atomic mass is 16.7. The number of esters is 2. The molecule has 2 aliphatic heterocycles. The molecule has 2 aromatic heterocycles. The molecule has 52 heavy (non-hydrogen) atoms. The minimum atomic E-state index is -0.635. The average Bonchev–Trinajstić information content (AvgIpc) is 3.84. The van der Waals surface area contributed by atoms with E-state index in [-0.39, 0.29) is 49.2 Å². The van der Waals surface area contributed by atoms with E-state index < -0.39 is 18.5 Å². The van der Waals surface area contributed by atoms with Crippen LogP contribution in [0.1, 0.15) is 78.4 Å². The zero-order chi connectivity index (χ0) is 37.1. The van der Waals surface area contributed by atoms with Crippen molar-refractivity contribution in [3.63, 3.8) is 0 Å². The lowest BCUT2D eigenvalue weighted by atomic mass is 10.2. The van der Waals surface area contributed by atoms with Crippen LogP contribution in [0, 0.1) is 0 Å². The summed E-state index contributed by atoms with van der Waals surface area (Å²) < 4.78 is 47.4. The van der Waals surface area contributed by atoms with E-state index in [1.807, 2.05) is 18.2 Å². The highest BCUT2D eigenvalue weighted by Crippen LogP contribution is 2.27. The molecule has 0 amide bonds. The van der Waals surface area contributed by atoms with E-state index in [1.54, 1.807) is 70.7 Å². The number of carbonyl (C=O) groups excluding carboxylic acids is 2. The lowest BCUT2D eigenvalue weighted by molar-refractivity contribution is -0.169. The van der Waals surface area contributed by atoms with Crippen LogP contribution in [0.15, 0.2) is 69.7 Å². The number of allylic oxidation sites excluding steroid dienone is 1. The number of aromatic nitrogens is 2. The molecule has 1 atom stereocenters. The van der Waals surface area contributed by atoms with Gasteiger partial charge in [-0.2, -0.15) is 0 Å². The van der Waals surface area contributed by atoms with E-state index in [2.05, 4.69) is 9.97 Å². The van der Waals surface area contributed by atoms with Gasteiger partial charge in [0.15, 0.2) is 6.29 Å². The zero-order valence-electron chi connectivity index (χ0n) is 30.0. The van der Waals surface area contributed by atoms with Crippen molar-refractivity contribution in [2.75, 3.05) is 40.6 Å². The standard InChI is InChI=1S/C19H23NO6.C14H15NO5.C5H8O/c1-3-23-19(21)17-15(12-25-16-6-4-5-11-24-16)20-18(26-17)13-7-9-14(22-2)10-8-13;1-3-19-14(17)12-11(8-16)15-13(20-12)9-4-6-10(18-2)7-5-9;1-2-4-6-5-3-1/h7-10,16H,3-6,11-12H2,1-2H3;4-7,16H,3,8H2,1-2H3;2,4H,1,3,5H2. The number of aliphatic hydroxyl groups excluding tert-OH is 1. The SMILES string of the molecule is C1=COCCC1.CCOC(=O)c1oc(-c2ccc(OC)cc2)nc1CO.CCOC(=O)c1oc(-c2ccc(OC)cc2)nc1COC1CCCCO1. The molecule has 4 heterocycles. The number of carbonyl (C=O) groups is 2. The minimum Gasteiger partial charge on any atom is -0.502 e. The Kier molecular flexibility index (Phi) is 16.2. The summed E-state index contributed by atoms with van der Waals surface area (Å²) >= 11 is 0. The summed E-state index contributed by atoms with van der Waals surface area (Å²) in [5.41, 5.74) is 1.98. The fourth-order valence-corrected chi connectivity index (χ4v) is 4.84. The highest BCUT2D eigenvalue weighted by Gasteiger charge is 2.25. The molecular weight excluding hydrogens is 676 g/mol. The molecule has 0 saturated carbocycles. The number of nitrogens with zero attached hydrogens (tertiary/aromatic N) is 2. The van der Waals surface area contributed by atoms with Crippen LogP contribution in [0.5, 0.6) is 11.5 Å². The van der Waals surface area contributed by atoms with Gasteiger partial charge in [0.05, 0.1) is 53.5 Å². The summed E-state index contributed by atoms with van der Waals surface area (Å²) in [6.07, 6.45) is 8.85. The number of hydrogen-bond acceptors (Lipinski definition) is 14. The van der Waals surface area contributed by atoms with E-state index in [0.29, 0.717) is 29.5 Å². The topological polar surface area (TPSA) is 171 Å². The molecule has 0 aliphatic carbocycles. The average molecular weight is 723 g/mol. The van der Waals surface area contributed by atoms with Gasteiger partial charge in [-0.1, -0.05) is 0 Å². The molecule has 1 unspecified atom stereocenters. The van der Waals surface area contributed by atoms with Crippen molar-refractivity contribution < 1.29 is 56.7 Å². The van der Waals surface area contributed by atoms with Crippen LogP contribution in [0.3, 0.4) is 0 Å². The molecule has 1 fully saturated rings. The van der Waals surface area contributed by atoms with Gasteiger partial charge in [0.1, 0.15) is 22.9 Å². The van der Waals surface area contributed by atoms with Crippen molar-refractivity contribution in [2.45, 2.75) is 65.5 Å². The van der Waals surface area contributed by atoms with Crippen LogP contribution in [-0.4, -0.2) is 74.0 Å². The third kappa shape index (κ3) is 11.7. The molecule has 4 aromatic rings. The van der Waals surface area contributed by atoms with Crippen LogP contribution < -0.4 is 9.47 Å². The summed E-state index contributed by atoms with van der Waals surface area (Å²) in [7, 11) is 3.17. The Morgan fingerprint density at radius 2 is 1.33 bits per heavy atom. The van der Waals surface area contributed by atoms with Crippen molar-refractivity contribution in [3.05, 3.63) is 83.8 Å². The van der Waals surface area contributed by atoms with Crippen LogP contribution >= 0.6 is 0 Å². The summed E-state index contributed by atoms with van der Waals surface area (Å²) in [5.74, 6) is 0.816. The van der Waals surface area contributed by atoms with Crippen LogP contribution in [0.4, 0.5) is 0 Å². The van der Waals surface area contributed by atoms with E-state index >= 15 is 0 Å². The van der Waals surface area contributed by atoms with Gasteiger partial charge >= 0.3 is 11.9 Å². The van der Waals surface area contributed by atoms with Gasteiger partial charge in [-0.25, -0.2) is 19.6 Å². The minimum absolute atomic E-state index is 0.0634. The van der Waals surface area contributed by atoms with Gasteiger partial charge in [0, 0.05) is 17.7 Å². The highest BCUT2D eigenvalue weighted by molar-refractivity contribution is 5.88. The Hall–Kier alpha value is -5.18.